The molecule has 1 atom stereocenters. The minimum Gasteiger partial charge on any atom is -0.312 e. The van der Waals surface area contributed by atoms with Gasteiger partial charge in [-0.2, -0.15) is 11.8 Å². The molecule has 1 aliphatic rings. The Morgan fingerprint density at radius 2 is 2.28 bits per heavy atom. The first-order valence-corrected chi connectivity index (χ1v) is 7.83. The molecule has 18 heavy (non-hydrogen) atoms. The molecule has 1 aliphatic heterocycles. The molecule has 1 aromatic rings. The maximum absolute atomic E-state index is 12.0. The molecule has 98 valence electrons. The number of hydrogen-bond donors (Lipinski definition) is 1. The highest BCUT2D eigenvalue weighted by atomic mass is 35.5. The van der Waals surface area contributed by atoms with E-state index < -0.39 is 0 Å². The summed E-state index contributed by atoms with van der Waals surface area (Å²) in [6.45, 7) is 0.987. The van der Waals surface area contributed by atoms with Gasteiger partial charge in [-0.15, -0.1) is 0 Å². The summed E-state index contributed by atoms with van der Waals surface area (Å²) >= 11 is 13.9. The van der Waals surface area contributed by atoms with Gasteiger partial charge in [-0.25, -0.2) is 0 Å². The summed E-state index contributed by atoms with van der Waals surface area (Å²) in [6.07, 6.45) is 0.929. The van der Waals surface area contributed by atoms with Gasteiger partial charge in [0.25, 0.3) is 0 Å². The molecule has 2 rings (SSSR count). The number of nitrogens with one attached hydrogen (secondary N) is 1. The number of rotatable bonds is 4. The average Bonchev–Trinajstić information content (AvgIpc) is 2.35. The molecule has 0 radical (unpaired) electrons. The second-order valence-corrected chi connectivity index (χ2v) is 6.37. The Morgan fingerprint density at radius 1 is 1.44 bits per heavy atom. The van der Waals surface area contributed by atoms with E-state index in [1.54, 1.807) is 18.2 Å². The molecule has 1 saturated heterocycles. The number of carbonyl (C=O) groups excluding carboxylic acids is 1. The SMILES string of the molecule is O=C(Cc1cc(Cl)ccc1Cl)CC1CSCCN1. The summed E-state index contributed by atoms with van der Waals surface area (Å²) < 4.78 is 0. The van der Waals surface area contributed by atoms with Crippen molar-refractivity contribution in [3.63, 3.8) is 0 Å². The standard InChI is InChI=1S/C13H15Cl2NOS/c14-10-1-2-13(15)9(5-10)6-12(17)7-11-8-18-4-3-16-11/h1-2,5,11,16H,3-4,6-8H2. The highest BCUT2D eigenvalue weighted by Crippen LogP contribution is 2.22. The van der Waals surface area contributed by atoms with Crippen LogP contribution in [0.15, 0.2) is 18.2 Å². The van der Waals surface area contributed by atoms with Crippen molar-refractivity contribution in [2.75, 3.05) is 18.1 Å². The second-order valence-electron chi connectivity index (χ2n) is 4.38. The van der Waals surface area contributed by atoms with Gasteiger partial charge in [0.05, 0.1) is 0 Å². The van der Waals surface area contributed by atoms with Gasteiger partial charge in [0.15, 0.2) is 0 Å². The molecule has 0 aromatic heterocycles. The van der Waals surface area contributed by atoms with Crippen LogP contribution in [-0.4, -0.2) is 29.9 Å². The third-order valence-corrected chi connectivity index (χ3v) is 4.60. The maximum Gasteiger partial charge on any atom is 0.138 e. The van der Waals surface area contributed by atoms with Crippen molar-refractivity contribution in [2.24, 2.45) is 0 Å². The monoisotopic (exact) mass is 303 g/mol. The molecule has 5 heteroatoms. The topological polar surface area (TPSA) is 29.1 Å². The minimum atomic E-state index is 0.208. The Hall–Kier alpha value is -0.220. The third-order valence-electron chi connectivity index (χ3n) is 2.87. The van der Waals surface area contributed by atoms with Crippen molar-refractivity contribution in [3.05, 3.63) is 33.8 Å². The minimum absolute atomic E-state index is 0.208. The van der Waals surface area contributed by atoms with E-state index in [2.05, 4.69) is 5.32 Å². The van der Waals surface area contributed by atoms with Gasteiger partial charge >= 0.3 is 0 Å². The van der Waals surface area contributed by atoms with Gasteiger partial charge in [-0.3, -0.25) is 4.79 Å². The highest BCUT2D eigenvalue weighted by molar-refractivity contribution is 7.99. The molecule has 1 unspecified atom stereocenters. The fraction of sp³-hybridized carbons (Fsp3) is 0.462. The van der Waals surface area contributed by atoms with Gasteiger partial charge in [-0.1, -0.05) is 23.2 Å². The zero-order chi connectivity index (χ0) is 13.0. The first-order chi connectivity index (χ1) is 8.65. The fourth-order valence-electron chi connectivity index (χ4n) is 1.99. The van der Waals surface area contributed by atoms with Gasteiger partial charge in [0, 0.05) is 47.0 Å². The molecule has 1 aromatic carbocycles. The fourth-order valence-corrected chi connectivity index (χ4v) is 3.32. The molecular weight excluding hydrogens is 289 g/mol. The van der Waals surface area contributed by atoms with Gasteiger partial charge in [0.1, 0.15) is 5.78 Å². The third kappa shape index (κ3) is 4.16. The maximum atomic E-state index is 12.0. The zero-order valence-electron chi connectivity index (χ0n) is 9.92. The van der Waals surface area contributed by atoms with Crippen LogP contribution in [0.25, 0.3) is 0 Å². The second kappa shape index (κ2) is 6.80. The van der Waals surface area contributed by atoms with Crippen LogP contribution in [0.2, 0.25) is 10.0 Å². The van der Waals surface area contributed by atoms with Crippen LogP contribution in [0.4, 0.5) is 0 Å². The normalized spacial score (nSPS) is 19.8. The van der Waals surface area contributed by atoms with E-state index in [0.29, 0.717) is 28.9 Å². The van der Waals surface area contributed by atoms with Crippen molar-refractivity contribution in [2.45, 2.75) is 18.9 Å². The lowest BCUT2D eigenvalue weighted by Gasteiger charge is -2.22. The van der Waals surface area contributed by atoms with Crippen LogP contribution in [0.1, 0.15) is 12.0 Å². The van der Waals surface area contributed by atoms with E-state index in [1.165, 1.54) is 0 Å². The van der Waals surface area contributed by atoms with Crippen LogP contribution in [-0.2, 0) is 11.2 Å². The smallest absolute Gasteiger partial charge is 0.138 e. The highest BCUT2D eigenvalue weighted by Gasteiger charge is 2.17. The van der Waals surface area contributed by atoms with Gasteiger partial charge in [-0.05, 0) is 23.8 Å². The van der Waals surface area contributed by atoms with Crippen LogP contribution in [0, 0.1) is 0 Å². The molecule has 0 amide bonds. The van der Waals surface area contributed by atoms with E-state index in [9.17, 15) is 4.79 Å². The Bertz CT molecular complexity index is 433. The van der Waals surface area contributed by atoms with Gasteiger partial charge in [0.2, 0.25) is 0 Å². The molecule has 2 nitrogen and oxygen atoms in total. The Balaban J connectivity index is 1.92. The zero-order valence-corrected chi connectivity index (χ0v) is 12.2. The molecule has 0 aliphatic carbocycles. The van der Waals surface area contributed by atoms with Crippen molar-refractivity contribution >= 4 is 40.7 Å². The summed E-state index contributed by atoms with van der Waals surface area (Å²) in [7, 11) is 0. The van der Waals surface area contributed by atoms with Crippen LogP contribution in [0.5, 0.6) is 0 Å². The number of carbonyl (C=O) groups is 1. The summed E-state index contributed by atoms with van der Waals surface area (Å²) in [5.74, 6) is 2.35. The van der Waals surface area contributed by atoms with Crippen LogP contribution >= 0.6 is 35.0 Å². The van der Waals surface area contributed by atoms with Crippen molar-refractivity contribution < 1.29 is 4.79 Å². The largest absolute Gasteiger partial charge is 0.312 e. The molecule has 1 heterocycles. The van der Waals surface area contributed by atoms with Gasteiger partial charge < -0.3 is 5.32 Å². The van der Waals surface area contributed by atoms with E-state index in [-0.39, 0.29) is 5.78 Å². The lowest BCUT2D eigenvalue weighted by atomic mass is 10.0. The molecule has 0 spiro atoms. The number of Topliss-reactive ketones (excluding diaryl/α,β-unsaturated/α-hetero) is 1. The number of benzene rings is 1. The van der Waals surface area contributed by atoms with Crippen molar-refractivity contribution in [3.8, 4) is 0 Å². The molecule has 0 saturated carbocycles. The summed E-state index contributed by atoms with van der Waals surface area (Å²) in [5, 5.41) is 4.59. The summed E-state index contributed by atoms with van der Waals surface area (Å²) in [5.41, 5.74) is 0.817. The number of hydrogen-bond acceptors (Lipinski definition) is 3. The molecule has 1 fully saturated rings. The predicted octanol–water partition coefficient (Wildman–Crippen LogP) is 3.20. The van der Waals surface area contributed by atoms with E-state index >= 15 is 0 Å². The average molecular weight is 304 g/mol. The van der Waals surface area contributed by atoms with E-state index in [0.717, 1.165) is 23.6 Å². The molecule has 1 N–H and O–H groups in total. The summed E-state index contributed by atoms with van der Waals surface area (Å²) in [6, 6.07) is 5.54. The Morgan fingerprint density at radius 3 is 3.00 bits per heavy atom. The summed E-state index contributed by atoms with van der Waals surface area (Å²) in [4.78, 5) is 12.0. The predicted molar refractivity (Wildman–Crippen MR) is 78.9 cm³/mol. The Labute approximate surface area is 121 Å². The lowest BCUT2D eigenvalue weighted by molar-refractivity contribution is -0.118. The first kappa shape index (κ1) is 14.2. The van der Waals surface area contributed by atoms with E-state index in [1.807, 2.05) is 11.8 Å². The van der Waals surface area contributed by atoms with Crippen LogP contribution < -0.4 is 5.32 Å². The number of thioether (sulfide) groups is 1. The van der Waals surface area contributed by atoms with Crippen molar-refractivity contribution in [1.29, 1.82) is 0 Å². The Kier molecular flexibility index (Phi) is 5.37. The van der Waals surface area contributed by atoms with E-state index in [4.69, 9.17) is 23.2 Å². The lowest BCUT2D eigenvalue weighted by Crippen LogP contribution is -2.39. The molecule has 0 bridgehead atoms. The number of ketones is 1. The quantitative estimate of drug-likeness (QED) is 0.926. The first-order valence-electron chi connectivity index (χ1n) is 5.92. The van der Waals surface area contributed by atoms with Crippen molar-refractivity contribution in [1.82, 2.24) is 5.32 Å². The molecular formula is C13H15Cl2NOS. The van der Waals surface area contributed by atoms with Crippen LogP contribution in [0.3, 0.4) is 0 Å². The number of halogens is 2.